The molecule has 2 rings (SSSR count). The summed E-state index contributed by atoms with van der Waals surface area (Å²) in [7, 11) is 1.63. The summed E-state index contributed by atoms with van der Waals surface area (Å²) in [5.74, 6) is 7.86. The Labute approximate surface area is 100.0 Å². The van der Waals surface area contributed by atoms with E-state index in [4.69, 9.17) is 16.3 Å². The Morgan fingerprint density at radius 2 is 1.94 bits per heavy atom. The zero-order valence-electron chi connectivity index (χ0n) is 9.97. The van der Waals surface area contributed by atoms with Crippen LogP contribution in [0.2, 0.25) is 0 Å². The highest BCUT2D eigenvalue weighted by Gasteiger charge is 2.13. The third-order valence-corrected chi connectivity index (χ3v) is 2.70. The van der Waals surface area contributed by atoms with Gasteiger partial charge >= 0.3 is 0 Å². The van der Waals surface area contributed by atoms with Gasteiger partial charge in [-0.25, -0.2) is 9.66 Å². The van der Waals surface area contributed by atoms with Crippen LogP contribution >= 0.6 is 0 Å². The number of anilines is 1. The molecule has 17 heavy (non-hydrogen) atoms. The van der Waals surface area contributed by atoms with E-state index < -0.39 is 0 Å². The zero-order chi connectivity index (χ0) is 12.4. The molecule has 0 unspecified atom stereocenters. The van der Waals surface area contributed by atoms with Crippen molar-refractivity contribution in [2.75, 3.05) is 18.7 Å². The molecule has 5 heteroatoms. The van der Waals surface area contributed by atoms with Crippen molar-refractivity contribution in [1.29, 1.82) is 0 Å². The van der Waals surface area contributed by atoms with Crippen molar-refractivity contribution in [2.45, 2.75) is 13.3 Å². The van der Waals surface area contributed by atoms with Crippen LogP contribution in [0.25, 0.3) is 11.3 Å². The largest absolute Gasteiger partial charge is 0.497 e. The fourth-order valence-electron chi connectivity index (χ4n) is 1.70. The summed E-state index contributed by atoms with van der Waals surface area (Å²) in [5.41, 5.74) is 7.57. The predicted octanol–water partition coefficient (Wildman–Crippen LogP) is 1.42. The van der Waals surface area contributed by atoms with E-state index in [1.165, 1.54) is 4.68 Å². The molecule has 1 heterocycles. The van der Waals surface area contributed by atoms with E-state index in [1.807, 2.05) is 31.2 Å². The first-order chi connectivity index (χ1) is 8.17. The van der Waals surface area contributed by atoms with E-state index in [9.17, 15) is 0 Å². The van der Waals surface area contributed by atoms with Crippen molar-refractivity contribution in [3.8, 4) is 17.0 Å². The molecule has 0 aliphatic carbocycles. The normalized spacial score (nSPS) is 10.5. The van der Waals surface area contributed by atoms with E-state index >= 15 is 0 Å². The molecule has 0 spiro atoms. The van der Waals surface area contributed by atoms with Gasteiger partial charge in [-0.15, -0.1) is 0 Å². The molecular formula is C12H16N4O. The topological polar surface area (TPSA) is 79.1 Å². The van der Waals surface area contributed by atoms with Crippen LogP contribution in [0.3, 0.4) is 0 Å². The van der Waals surface area contributed by atoms with Gasteiger partial charge in [0.25, 0.3) is 0 Å². The van der Waals surface area contributed by atoms with Crippen LogP contribution in [0.4, 0.5) is 5.82 Å². The second-order valence-corrected chi connectivity index (χ2v) is 3.71. The molecule has 90 valence electrons. The van der Waals surface area contributed by atoms with Crippen molar-refractivity contribution < 1.29 is 4.74 Å². The number of benzene rings is 1. The summed E-state index contributed by atoms with van der Waals surface area (Å²) >= 11 is 0. The third kappa shape index (κ3) is 1.91. The predicted molar refractivity (Wildman–Crippen MR) is 68.2 cm³/mol. The lowest BCUT2D eigenvalue weighted by molar-refractivity contribution is 0.415. The lowest BCUT2D eigenvalue weighted by atomic mass is 10.1. The number of hydrogen-bond acceptors (Lipinski definition) is 4. The number of aryl methyl sites for hydroxylation is 1. The van der Waals surface area contributed by atoms with Gasteiger partial charge < -0.3 is 16.3 Å². The van der Waals surface area contributed by atoms with E-state index in [0.717, 1.165) is 23.6 Å². The molecule has 0 bridgehead atoms. The average molecular weight is 232 g/mol. The molecule has 0 aliphatic heterocycles. The van der Waals surface area contributed by atoms with Crippen LogP contribution in [0.15, 0.2) is 24.3 Å². The molecular weight excluding hydrogens is 216 g/mol. The monoisotopic (exact) mass is 232 g/mol. The summed E-state index contributed by atoms with van der Waals surface area (Å²) in [6, 6.07) is 7.57. The van der Waals surface area contributed by atoms with Crippen LogP contribution in [-0.4, -0.2) is 16.8 Å². The number of hydrogen-bond donors (Lipinski definition) is 2. The van der Waals surface area contributed by atoms with E-state index in [0.29, 0.717) is 11.5 Å². The maximum Gasteiger partial charge on any atom is 0.150 e. The standard InChI is InChI=1S/C12H16N4O/c1-3-10-15-11(12(13)16(10)14)8-4-6-9(17-2)7-5-8/h4-7H,3,13-14H2,1-2H3. The smallest absolute Gasteiger partial charge is 0.150 e. The number of nitrogens with zero attached hydrogens (tertiary/aromatic N) is 2. The first kappa shape index (κ1) is 11.3. The first-order valence-electron chi connectivity index (χ1n) is 5.44. The third-order valence-electron chi connectivity index (χ3n) is 2.70. The molecule has 0 saturated carbocycles. The Morgan fingerprint density at radius 1 is 1.29 bits per heavy atom. The van der Waals surface area contributed by atoms with E-state index in [2.05, 4.69) is 4.98 Å². The molecule has 0 fully saturated rings. The Balaban J connectivity index is 2.45. The van der Waals surface area contributed by atoms with Crippen LogP contribution < -0.4 is 16.3 Å². The Hall–Kier alpha value is -2.17. The number of rotatable bonds is 3. The fraction of sp³-hybridized carbons (Fsp3) is 0.250. The summed E-state index contributed by atoms with van der Waals surface area (Å²) in [4.78, 5) is 4.43. The summed E-state index contributed by atoms with van der Waals surface area (Å²) < 4.78 is 6.53. The van der Waals surface area contributed by atoms with Gasteiger partial charge in [0, 0.05) is 12.0 Å². The minimum absolute atomic E-state index is 0.479. The fourth-order valence-corrected chi connectivity index (χ4v) is 1.70. The van der Waals surface area contributed by atoms with Gasteiger partial charge in [0.05, 0.1) is 7.11 Å². The average Bonchev–Trinajstić information content (AvgIpc) is 2.66. The minimum Gasteiger partial charge on any atom is -0.497 e. The highest BCUT2D eigenvalue weighted by atomic mass is 16.5. The van der Waals surface area contributed by atoms with Crippen LogP contribution in [0.5, 0.6) is 5.75 Å². The number of nitrogen functional groups attached to an aromatic ring is 2. The summed E-state index contributed by atoms with van der Waals surface area (Å²) in [6.45, 7) is 1.99. The molecule has 0 radical (unpaired) electrons. The SMILES string of the molecule is CCc1nc(-c2ccc(OC)cc2)c(N)n1N. The molecule has 0 amide bonds. The van der Waals surface area contributed by atoms with Gasteiger partial charge in [0.2, 0.25) is 0 Å². The van der Waals surface area contributed by atoms with Crippen LogP contribution in [0.1, 0.15) is 12.7 Å². The maximum absolute atomic E-state index is 5.93. The second kappa shape index (κ2) is 4.37. The van der Waals surface area contributed by atoms with Gasteiger partial charge in [-0.3, -0.25) is 0 Å². The van der Waals surface area contributed by atoms with Crippen LogP contribution in [-0.2, 0) is 6.42 Å². The quantitative estimate of drug-likeness (QED) is 0.784. The molecule has 0 atom stereocenters. The van der Waals surface area contributed by atoms with Gasteiger partial charge in [0.15, 0.2) is 5.82 Å². The lowest BCUT2D eigenvalue weighted by Crippen LogP contribution is -2.14. The van der Waals surface area contributed by atoms with Crippen LogP contribution in [0, 0.1) is 0 Å². The Kier molecular flexibility index (Phi) is 2.91. The highest BCUT2D eigenvalue weighted by Crippen LogP contribution is 2.26. The molecule has 5 nitrogen and oxygen atoms in total. The molecule has 0 saturated heterocycles. The van der Waals surface area contributed by atoms with Gasteiger partial charge in [-0.1, -0.05) is 6.92 Å². The number of ether oxygens (including phenoxy) is 1. The molecule has 0 aliphatic rings. The minimum atomic E-state index is 0.479. The molecule has 2 aromatic rings. The number of imidazole rings is 1. The number of nitrogens with two attached hydrogens (primary N) is 2. The first-order valence-corrected chi connectivity index (χ1v) is 5.44. The lowest BCUT2D eigenvalue weighted by Gasteiger charge is -2.02. The second-order valence-electron chi connectivity index (χ2n) is 3.71. The number of aromatic nitrogens is 2. The molecule has 4 N–H and O–H groups in total. The zero-order valence-corrected chi connectivity index (χ0v) is 9.97. The summed E-state index contributed by atoms with van der Waals surface area (Å²) in [5, 5.41) is 0. The Morgan fingerprint density at radius 3 is 2.41 bits per heavy atom. The van der Waals surface area contributed by atoms with E-state index in [1.54, 1.807) is 7.11 Å². The van der Waals surface area contributed by atoms with Crippen molar-refractivity contribution in [2.24, 2.45) is 0 Å². The van der Waals surface area contributed by atoms with Crippen molar-refractivity contribution in [3.05, 3.63) is 30.1 Å². The van der Waals surface area contributed by atoms with Gasteiger partial charge in [-0.05, 0) is 24.3 Å². The Bertz CT molecular complexity index is 516. The van der Waals surface area contributed by atoms with Crippen molar-refractivity contribution >= 4 is 5.82 Å². The van der Waals surface area contributed by atoms with Gasteiger partial charge in [-0.2, -0.15) is 0 Å². The molecule has 1 aromatic carbocycles. The van der Waals surface area contributed by atoms with Crippen molar-refractivity contribution in [3.63, 3.8) is 0 Å². The van der Waals surface area contributed by atoms with Crippen molar-refractivity contribution in [1.82, 2.24) is 9.66 Å². The molecule has 1 aromatic heterocycles. The van der Waals surface area contributed by atoms with Gasteiger partial charge in [0.1, 0.15) is 17.3 Å². The van der Waals surface area contributed by atoms with E-state index in [-0.39, 0.29) is 0 Å². The highest BCUT2D eigenvalue weighted by molar-refractivity contribution is 5.71. The number of methoxy groups -OCH3 is 1. The maximum atomic E-state index is 5.93. The summed E-state index contributed by atoms with van der Waals surface area (Å²) in [6.07, 6.45) is 0.747.